The van der Waals surface area contributed by atoms with Crippen LogP contribution in [0.1, 0.15) is 18.1 Å². The van der Waals surface area contributed by atoms with E-state index in [0.717, 1.165) is 38.4 Å². The first-order valence-corrected chi connectivity index (χ1v) is 10.2. The Kier molecular flexibility index (Phi) is 6.24. The zero-order chi connectivity index (χ0) is 16.8. The molecule has 1 atom stereocenters. The first-order valence-electron chi connectivity index (χ1n) is 8.60. The van der Waals surface area contributed by atoms with Crippen LogP contribution in [0.15, 0.2) is 30.3 Å². The van der Waals surface area contributed by atoms with Crippen molar-refractivity contribution < 1.29 is 17.9 Å². The van der Waals surface area contributed by atoms with Gasteiger partial charge in [-0.3, -0.25) is 4.90 Å². The lowest BCUT2D eigenvalue weighted by atomic mass is 10.1. The summed E-state index contributed by atoms with van der Waals surface area (Å²) in [7, 11) is -3.23. The van der Waals surface area contributed by atoms with Gasteiger partial charge in [-0.25, -0.2) is 8.42 Å². The minimum atomic E-state index is -3.23. The maximum Gasteiger partial charge on any atom is 0.214 e. The molecule has 0 amide bonds. The molecular formula is C17H26N2O4S. The summed E-state index contributed by atoms with van der Waals surface area (Å²) in [5, 5.41) is 0. The molecule has 3 rings (SSSR count). The maximum atomic E-state index is 12.6. The lowest BCUT2D eigenvalue weighted by molar-refractivity contribution is -0.00260. The summed E-state index contributed by atoms with van der Waals surface area (Å²) in [6.45, 7) is 5.40. The number of morpholine rings is 2. The molecule has 1 aromatic carbocycles. The van der Waals surface area contributed by atoms with Gasteiger partial charge in [0.05, 0.1) is 31.7 Å². The van der Waals surface area contributed by atoms with Gasteiger partial charge in [-0.15, -0.1) is 0 Å². The summed E-state index contributed by atoms with van der Waals surface area (Å²) >= 11 is 0. The van der Waals surface area contributed by atoms with E-state index in [1.54, 1.807) is 4.31 Å². The van der Waals surface area contributed by atoms with Crippen LogP contribution in [0.3, 0.4) is 0 Å². The molecule has 0 radical (unpaired) electrons. The Bertz CT molecular complexity index is 602. The van der Waals surface area contributed by atoms with Crippen molar-refractivity contribution in [3.8, 4) is 0 Å². The summed E-state index contributed by atoms with van der Waals surface area (Å²) < 4.78 is 37.9. The lowest BCUT2D eigenvalue weighted by Gasteiger charge is -2.32. The van der Waals surface area contributed by atoms with E-state index in [2.05, 4.69) is 4.90 Å². The second-order valence-corrected chi connectivity index (χ2v) is 8.34. The van der Waals surface area contributed by atoms with Crippen molar-refractivity contribution in [3.05, 3.63) is 35.9 Å². The van der Waals surface area contributed by atoms with E-state index in [-0.39, 0.29) is 11.9 Å². The molecule has 0 saturated carbocycles. The Morgan fingerprint density at radius 1 is 1.04 bits per heavy atom. The van der Waals surface area contributed by atoms with E-state index >= 15 is 0 Å². The van der Waals surface area contributed by atoms with E-state index in [4.69, 9.17) is 9.47 Å². The van der Waals surface area contributed by atoms with E-state index in [1.807, 2.05) is 30.3 Å². The van der Waals surface area contributed by atoms with Crippen LogP contribution in [0, 0.1) is 0 Å². The largest absolute Gasteiger partial charge is 0.379 e. The van der Waals surface area contributed by atoms with Crippen LogP contribution in [0.2, 0.25) is 0 Å². The molecule has 7 heteroatoms. The number of rotatable bonds is 6. The van der Waals surface area contributed by atoms with Gasteiger partial charge in [0.15, 0.2) is 0 Å². The van der Waals surface area contributed by atoms with Gasteiger partial charge in [-0.1, -0.05) is 30.3 Å². The second-order valence-electron chi connectivity index (χ2n) is 6.25. The van der Waals surface area contributed by atoms with Gasteiger partial charge in [0.25, 0.3) is 0 Å². The van der Waals surface area contributed by atoms with Crippen molar-refractivity contribution in [2.75, 3.05) is 58.3 Å². The van der Waals surface area contributed by atoms with Gasteiger partial charge < -0.3 is 9.47 Å². The Balaban J connectivity index is 1.51. The molecule has 1 aromatic rings. The number of hydrogen-bond donors (Lipinski definition) is 0. The highest BCUT2D eigenvalue weighted by molar-refractivity contribution is 7.89. The van der Waals surface area contributed by atoms with E-state index < -0.39 is 10.0 Å². The topological polar surface area (TPSA) is 59.1 Å². The molecule has 0 spiro atoms. The molecule has 24 heavy (non-hydrogen) atoms. The second kappa shape index (κ2) is 8.40. The van der Waals surface area contributed by atoms with Crippen molar-refractivity contribution in [1.82, 2.24) is 9.21 Å². The Morgan fingerprint density at radius 3 is 2.54 bits per heavy atom. The van der Waals surface area contributed by atoms with E-state index in [0.29, 0.717) is 26.1 Å². The lowest BCUT2D eigenvalue weighted by Crippen LogP contribution is -2.44. The Morgan fingerprint density at radius 2 is 1.79 bits per heavy atom. The normalized spacial score (nSPS) is 24.1. The molecular weight excluding hydrogens is 328 g/mol. The highest BCUT2D eigenvalue weighted by Gasteiger charge is 2.30. The summed E-state index contributed by atoms with van der Waals surface area (Å²) in [6, 6.07) is 9.83. The summed E-state index contributed by atoms with van der Waals surface area (Å²) in [5.74, 6) is 0.200. The quantitative estimate of drug-likeness (QED) is 0.766. The zero-order valence-corrected chi connectivity index (χ0v) is 14.8. The van der Waals surface area contributed by atoms with Crippen molar-refractivity contribution >= 4 is 10.0 Å². The fraction of sp³-hybridized carbons (Fsp3) is 0.647. The Labute approximate surface area is 144 Å². The van der Waals surface area contributed by atoms with Crippen molar-refractivity contribution in [1.29, 1.82) is 0 Å². The third-order valence-corrected chi connectivity index (χ3v) is 6.50. The van der Waals surface area contributed by atoms with Crippen molar-refractivity contribution in [3.63, 3.8) is 0 Å². The molecule has 134 valence electrons. The molecule has 2 saturated heterocycles. The van der Waals surface area contributed by atoms with Gasteiger partial charge >= 0.3 is 0 Å². The van der Waals surface area contributed by atoms with Gasteiger partial charge in [0.2, 0.25) is 10.0 Å². The van der Waals surface area contributed by atoms with Crippen LogP contribution in [0.4, 0.5) is 0 Å². The van der Waals surface area contributed by atoms with Crippen LogP contribution in [-0.2, 0) is 19.5 Å². The molecule has 0 N–H and O–H groups in total. The number of nitrogens with zero attached hydrogens (tertiary/aromatic N) is 2. The zero-order valence-electron chi connectivity index (χ0n) is 14.0. The third-order valence-electron chi connectivity index (χ3n) is 4.57. The molecule has 2 aliphatic heterocycles. The predicted molar refractivity (Wildman–Crippen MR) is 92.4 cm³/mol. The minimum Gasteiger partial charge on any atom is -0.379 e. The molecule has 6 nitrogen and oxygen atoms in total. The third kappa shape index (κ3) is 4.77. The summed E-state index contributed by atoms with van der Waals surface area (Å²) in [6.07, 6.45) is 0.490. The van der Waals surface area contributed by atoms with Crippen molar-refractivity contribution in [2.45, 2.75) is 12.5 Å². The summed E-state index contributed by atoms with van der Waals surface area (Å²) in [4.78, 5) is 2.27. The first kappa shape index (κ1) is 17.8. The average molecular weight is 354 g/mol. The van der Waals surface area contributed by atoms with E-state index in [1.165, 1.54) is 0 Å². The monoisotopic (exact) mass is 354 g/mol. The fourth-order valence-corrected chi connectivity index (χ4v) is 4.64. The Hall–Kier alpha value is -0.990. The van der Waals surface area contributed by atoms with Crippen LogP contribution >= 0.6 is 0 Å². The highest BCUT2D eigenvalue weighted by atomic mass is 32.2. The minimum absolute atomic E-state index is 0.172. The van der Waals surface area contributed by atoms with Gasteiger partial charge in [0, 0.05) is 26.2 Å². The standard InChI is InChI=1S/C17H26N2O4S/c20-24(21,14-4-7-18-8-11-22-12-9-18)19-10-13-23-17(15-19)16-5-2-1-3-6-16/h1-3,5-6,17H,4,7-15H2. The van der Waals surface area contributed by atoms with Gasteiger partial charge in [-0.2, -0.15) is 4.31 Å². The number of ether oxygens (including phenoxy) is 2. The molecule has 0 bridgehead atoms. The molecule has 2 fully saturated rings. The fourth-order valence-electron chi connectivity index (χ4n) is 3.17. The number of hydrogen-bond acceptors (Lipinski definition) is 5. The van der Waals surface area contributed by atoms with Gasteiger partial charge in [-0.05, 0) is 18.5 Å². The number of sulfonamides is 1. The molecule has 1 unspecified atom stereocenters. The smallest absolute Gasteiger partial charge is 0.214 e. The molecule has 2 aliphatic rings. The molecule has 2 heterocycles. The van der Waals surface area contributed by atoms with Crippen LogP contribution < -0.4 is 0 Å². The highest BCUT2D eigenvalue weighted by Crippen LogP contribution is 2.23. The van der Waals surface area contributed by atoms with E-state index in [9.17, 15) is 8.42 Å². The summed E-state index contributed by atoms with van der Waals surface area (Å²) in [5.41, 5.74) is 1.03. The van der Waals surface area contributed by atoms with Crippen molar-refractivity contribution in [2.24, 2.45) is 0 Å². The SMILES string of the molecule is O=S(=O)(CCCN1CCOCC1)N1CCOC(c2ccccc2)C1. The van der Waals surface area contributed by atoms with Crippen LogP contribution in [0.5, 0.6) is 0 Å². The molecule has 0 aromatic heterocycles. The predicted octanol–water partition coefficient (Wildman–Crippen LogP) is 1.11. The average Bonchev–Trinajstić information content (AvgIpc) is 2.63. The maximum absolute atomic E-state index is 12.6. The molecule has 0 aliphatic carbocycles. The van der Waals surface area contributed by atoms with Crippen LogP contribution in [0.25, 0.3) is 0 Å². The number of benzene rings is 1. The first-order chi connectivity index (χ1) is 11.6. The van der Waals surface area contributed by atoms with Gasteiger partial charge in [0.1, 0.15) is 0 Å². The van der Waals surface area contributed by atoms with Crippen LogP contribution in [-0.4, -0.2) is 75.9 Å².